The van der Waals surface area contributed by atoms with Gasteiger partial charge in [-0.1, -0.05) is 12.1 Å². The monoisotopic (exact) mass is 187 g/mol. The molecule has 0 aliphatic carbocycles. The van der Waals surface area contributed by atoms with Crippen LogP contribution in [0.3, 0.4) is 0 Å². The lowest BCUT2D eigenvalue weighted by molar-refractivity contribution is -0.110. The number of rotatable bonds is 1. The van der Waals surface area contributed by atoms with E-state index in [1.54, 1.807) is 12.1 Å². The van der Waals surface area contributed by atoms with Crippen LogP contribution >= 0.6 is 0 Å². The molecule has 14 heavy (non-hydrogen) atoms. The maximum absolute atomic E-state index is 10.8. The lowest BCUT2D eigenvalue weighted by atomic mass is 9.91. The van der Waals surface area contributed by atoms with Gasteiger partial charge in [0.25, 0.3) is 0 Å². The maximum atomic E-state index is 10.8. The normalized spacial score (nSPS) is 19.5. The van der Waals surface area contributed by atoms with Crippen LogP contribution in [0.1, 0.15) is 22.6 Å². The molecule has 2 rings (SSSR count). The number of nitriles is 1. The molecule has 1 aromatic carbocycles. The van der Waals surface area contributed by atoms with Crippen LogP contribution in [0.25, 0.3) is 0 Å². The predicted molar refractivity (Wildman–Crippen MR) is 49.6 cm³/mol. The standard InChI is InChI=1S/C11H9NO2/c12-4-8-2-1-3-10-9(5-13)6-14-7-11(8)10/h1-3,5,9H,6-7H2. The number of carbonyl (C=O) groups is 1. The van der Waals surface area contributed by atoms with Gasteiger partial charge in [0, 0.05) is 0 Å². The van der Waals surface area contributed by atoms with Crippen LogP contribution in [0, 0.1) is 11.3 Å². The van der Waals surface area contributed by atoms with Gasteiger partial charge >= 0.3 is 0 Å². The summed E-state index contributed by atoms with van der Waals surface area (Å²) in [4.78, 5) is 10.8. The number of hydrogen-bond donors (Lipinski definition) is 0. The second kappa shape index (κ2) is 3.60. The lowest BCUT2D eigenvalue weighted by Gasteiger charge is -2.22. The van der Waals surface area contributed by atoms with Crippen molar-refractivity contribution in [1.82, 2.24) is 0 Å². The zero-order valence-corrected chi connectivity index (χ0v) is 7.56. The highest BCUT2D eigenvalue weighted by atomic mass is 16.5. The van der Waals surface area contributed by atoms with Gasteiger partial charge in [-0.05, 0) is 17.2 Å². The molecule has 70 valence electrons. The SMILES string of the molecule is N#Cc1cccc2c1COCC2C=O. The fraction of sp³-hybridized carbons (Fsp3) is 0.273. The van der Waals surface area contributed by atoms with E-state index in [0.717, 1.165) is 17.4 Å². The summed E-state index contributed by atoms with van der Waals surface area (Å²) in [5.74, 6) is -0.216. The fourth-order valence-corrected chi connectivity index (χ4v) is 1.71. The summed E-state index contributed by atoms with van der Waals surface area (Å²) in [6.45, 7) is 0.856. The molecule has 0 radical (unpaired) electrons. The number of nitrogens with zero attached hydrogens (tertiary/aromatic N) is 1. The minimum atomic E-state index is -0.216. The van der Waals surface area contributed by atoms with Gasteiger partial charge in [0.15, 0.2) is 0 Å². The Morgan fingerprint density at radius 1 is 1.57 bits per heavy atom. The van der Waals surface area contributed by atoms with Crippen LogP contribution in [0.2, 0.25) is 0 Å². The van der Waals surface area contributed by atoms with E-state index in [0.29, 0.717) is 18.8 Å². The minimum absolute atomic E-state index is 0.216. The Labute approximate surface area is 81.9 Å². The summed E-state index contributed by atoms with van der Waals surface area (Å²) in [6.07, 6.45) is 0.874. The van der Waals surface area contributed by atoms with Crippen LogP contribution in [-0.2, 0) is 16.1 Å². The van der Waals surface area contributed by atoms with Crippen molar-refractivity contribution in [3.8, 4) is 6.07 Å². The van der Waals surface area contributed by atoms with Gasteiger partial charge < -0.3 is 9.53 Å². The Hall–Kier alpha value is -1.66. The predicted octanol–water partition coefficient (Wildman–Crippen LogP) is 1.37. The molecule has 0 spiro atoms. The molecule has 0 amide bonds. The molecule has 0 saturated carbocycles. The molecule has 1 aromatic rings. The molecule has 0 fully saturated rings. The second-order valence-electron chi connectivity index (χ2n) is 3.24. The summed E-state index contributed by atoms with van der Waals surface area (Å²) < 4.78 is 5.26. The topological polar surface area (TPSA) is 50.1 Å². The van der Waals surface area contributed by atoms with E-state index in [2.05, 4.69) is 6.07 Å². The molecule has 3 heteroatoms. The highest BCUT2D eigenvalue weighted by Crippen LogP contribution is 2.27. The number of hydrogen-bond acceptors (Lipinski definition) is 3. The molecule has 0 bridgehead atoms. The Balaban J connectivity index is 2.55. The molecular formula is C11H9NO2. The molecule has 0 saturated heterocycles. The van der Waals surface area contributed by atoms with Crippen molar-refractivity contribution in [2.45, 2.75) is 12.5 Å². The van der Waals surface area contributed by atoms with Gasteiger partial charge in [0.2, 0.25) is 0 Å². The lowest BCUT2D eigenvalue weighted by Crippen LogP contribution is -2.18. The molecule has 0 N–H and O–H groups in total. The van der Waals surface area contributed by atoms with Crippen molar-refractivity contribution in [3.05, 3.63) is 34.9 Å². The van der Waals surface area contributed by atoms with Crippen LogP contribution < -0.4 is 0 Å². The van der Waals surface area contributed by atoms with E-state index >= 15 is 0 Å². The van der Waals surface area contributed by atoms with E-state index in [9.17, 15) is 4.79 Å². The van der Waals surface area contributed by atoms with Gasteiger partial charge in [-0.2, -0.15) is 5.26 Å². The van der Waals surface area contributed by atoms with Gasteiger partial charge in [0.05, 0.1) is 30.8 Å². The fourth-order valence-electron chi connectivity index (χ4n) is 1.71. The first-order valence-corrected chi connectivity index (χ1v) is 4.41. The molecule has 3 nitrogen and oxygen atoms in total. The van der Waals surface area contributed by atoms with E-state index in [-0.39, 0.29) is 5.92 Å². The molecule has 1 aliphatic rings. The van der Waals surface area contributed by atoms with Gasteiger partial charge in [0.1, 0.15) is 6.29 Å². The van der Waals surface area contributed by atoms with Crippen LogP contribution in [0.4, 0.5) is 0 Å². The largest absolute Gasteiger partial charge is 0.376 e. The first kappa shape index (κ1) is 8.92. The third kappa shape index (κ3) is 1.30. The van der Waals surface area contributed by atoms with Crippen LogP contribution in [0.5, 0.6) is 0 Å². The molecule has 1 heterocycles. The third-order valence-corrected chi connectivity index (χ3v) is 2.44. The third-order valence-electron chi connectivity index (χ3n) is 2.44. The number of ether oxygens (including phenoxy) is 1. The summed E-state index contributed by atoms with van der Waals surface area (Å²) in [5, 5.41) is 8.86. The summed E-state index contributed by atoms with van der Waals surface area (Å²) >= 11 is 0. The molecule has 1 unspecified atom stereocenters. The summed E-state index contributed by atoms with van der Waals surface area (Å²) in [7, 11) is 0. The number of aldehydes is 1. The molecule has 0 aromatic heterocycles. The Morgan fingerprint density at radius 2 is 2.43 bits per heavy atom. The highest BCUT2D eigenvalue weighted by Gasteiger charge is 2.21. The average Bonchev–Trinajstić information content (AvgIpc) is 2.27. The number of carbonyl (C=O) groups excluding carboxylic acids is 1. The van der Waals surface area contributed by atoms with Crippen molar-refractivity contribution >= 4 is 6.29 Å². The van der Waals surface area contributed by atoms with E-state index < -0.39 is 0 Å². The molecule has 1 aliphatic heterocycles. The van der Waals surface area contributed by atoms with E-state index in [4.69, 9.17) is 10.00 Å². The van der Waals surface area contributed by atoms with E-state index in [1.165, 1.54) is 0 Å². The Kier molecular flexibility index (Phi) is 2.30. The Morgan fingerprint density at radius 3 is 3.14 bits per heavy atom. The van der Waals surface area contributed by atoms with Crippen molar-refractivity contribution in [1.29, 1.82) is 5.26 Å². The average molecular weight is 187 g/mol. The van der Waals surface area contributed by atoms with Gasteiger partial charge in [-0.25, -0.2) is 0 Å². The smallest absolute Gasteiger partial charge is 0.129 e. The van der Waals surface area contributed by atoms with Crippen LogP contribution in [0.15, 0.2) is 18.2 Å². The van der Waals surface area contributed by atoms with Gasteiger partial charge in [-0.15, -0.1) is 0 Å². The van der Waals surface area contributed by atoms with Crippen molar-refractivity contribution < 1.29 is 9.53 Å². The quantitative estimate of drug-likeness (QED) is 0.624. The summed E-state index contributed by atoms with van der Waals surface area (Å²) in [6, 6.07) is 7.54. The molecule has 1 atom stereocenters. The van der Waals surface area contributed by atoms with Crippen molar-refractivity contribution in [2.24, 2.45) is 0 Å². The van der Waals surface area contributed by atoms with Crippen LogP contribution in [-0.4, -0.2) is 12.9 Å². The molecular weight excluding hydrogens is 178 g/mol. The first-order valence-electron chi connectivity index (χ1n) is 4.41. The second-order valence-corrected chi connectivity index (χ2v) is 3.24. The van der Waals surface area contributed by atoms with Gasteiger partial charge in [-0.3, -0.25) is 0 Å². The number of benzene rings is 1. The highest BCUT2D eigenvalue weighted by molar-refractivity contribution is 5.65. The van der Waals surface area contributed by atoms with E-state index in [1.807, 2.05) is 6.07 Å². The summed E-state index contributed by atoms with van der Waals surface area (Å²) in [5.41, 5.74) is 2.40. The van der Waals surface area contributed by atoms with Crippen molar-refractivity contribution in [3.63, 3.8) is 0 Å². The zero-order chi connectivity index (χ0) is 9.97. The Bertz CT molecular complexity index is 406. The maximum Gasteiger partial charge on any atom is 0.129 e. The number of fused-ring (bicyclic) bond motifs is 1. The zero-order valence-electron chi connectivity index (χ0n) is 7.56. The first-order chi connectivity index (χ1) is 6.86. The minimum Gasteiger partial charge on any atom is -0.376 e. The van der Waals surface area contributed by atoms with Crippen molar-refractivity contribution in [2.75, 3.05) is 6.61 Å².